The fraction of sp³-hybridized carbons (Fsp3) is 0.667. The van der Waals surface area contributed by atoms with Crippen LogP contribution < -0.4 is 0 Å². The summed E-state index contributed by atoms with van der Waals surface area (Å²) in [6.07, 6.45) is 6.87. The van der Waals surface area contributed by atoms with Crippen LogP contribution in [0.25, 0.3) is 0 Å². The fourth-order valence-electron chi connectivity index (χ4n) is 2.49. The Morgan fingerprint density at radius 3 is 2.35 bits per heavy atom. The van der Waals surface area contributed by atoms with Crippen LogP contribution in [0.4, 0.5) is 0 Å². The van der Waals surface area contributed by atoms with Crippen molar-refractivity contribution in [2.45, 2.75) is 32.6 Å². The number of methoxy groups -OCH3 is 2. The quantitative estimate of drug-likeness (QED) is 0.423. The number of carbonyl (C=O) groups excluding carboxylic acids is 3. The molecular formula is C15H22O5. The van der Waals surface area contributed by atoms with E-state index in [-0.39, 0.29) is 11.8 Å². The van der Waals surface area contributed by atoms with Crippen LogP contribution in [0, 0.1) is 17.8 Å². The number of Topliss-reactive ketones (excluding diaryl/α,β-unsaturated/α-hetero) is 1. The average molecular weight is 282 g/mol. The minimum Gasteiger partial charge on any atom is -0.468 e. The van der Waals surface area contributed by atoms with Crippen molar-refractivity contribution in [2.24, 2.45) is 17.8 Å². The molecule has 0 saturated heterocycles. The molecule has 20 heavy (non-hydrogen) atoms. The highest BCUT2D eigenvalue weighted by Gasteiger charge is 2.33. The van der Waals surface area contributed by atoms with Gasteiger partial charge in [0, 0.05) is 12.3 Å². The van der Waals surface area contributed by atoms with Crippen molar-refractivity contribution in [1.82, 2.24) is 0 Å². The van der Waals surface area contributed by atoms with Gasteiger partial charge in [-0.3, -0.25) is 14.4 Å². The molecule has 1 saturated carbocycles. The third kappa shape index (κ3) is 4.18. The number of ketones is 1. The first-order chi connectivity index (χ1) is 9.51. The second kappa shape index (κ2) is 7.82. The first-order valence-electron chi connectivity index (χ1n) is 6.86. The van der Waals surface area contributed by atoms with Crippen molar-refractivity contribution >= 4 is 17.7 Å². The summed E-state index contributed by atoms with van der Waals surface area (Å²) < 4.78 is 9.25. The zero-order valence-electron chi connectivity index (χ0n) is 12.3. The fourth-order valence-corrected chi connectivity index (χ4v) is 2.49. The van der Waals surface area contributed by atoms with E-state index in [0.29, 0.717) is 18.6 Å². The summed E-state index contributed by atoms with van der Waals surface area (Å²) in [6.45, 7) is 1.76. The molecule has 0 N–H and O–H groups in total. The second-order valence-electron chi connectivity index (χ2n) is 5.10. The van der Waals surface area contributed by atoms with Gasteiger partial charge >= 0.3 is 11.9 Å². The molecule has 1 rings (SSSR count). The van der Waals surface area contributed by atoms with Gasteiger partial charge in [-0.2, -0.15) is 0 Å². The van der Waals surface area contributed by atoms with E-state index in [1.807, 2.05) is 6.08 Å². The summed E-state index contributed by atoms with van der Waals surface area (Å²) in [6, 6.07) is 0. The van der Waals surface area contributed by atoms with Crippen LogP contribution in [-0.4, -0.2) is 31.9 Å². The minimum atomic E-state index is -0.958. The van der Waals surface area contributed by atoms with Crippen LogP contribution in [0.2, 0.25) is 0 Å². The molecule has 0 aromatic heterocycles. The van der Waals surface area contributed by atoms with E-state index in [4.69, 9.17) is 0 Å². The van der Waals surface area contributed by atoms with Crippen molar-refractivity contribution in [3.63, 3.8) is 0 Å². The highest BCUT2D eigenvalue weighted by Crippen LogP contribution is 2.25. The lowest BCUT2D eigenvalue weighted by Crippen LogP contribution is -2.31. The summed E-state index contributed by atoms with van der Waals surface area (Å²) >= 11 is 0. The average Bonchev–Trinajstić information content (AvgIpc) is 2.84. The highest BCUT2D eigenvalue weighted by molar-refractivity contribution is 5.95. The van der Waals surface area contributed by atoms with Gasteiger partial charge in [-0.15, -0.1) is 0 Å². The van der Waals surface area contributed by atoms with E-state index >= 15 is 0 Å². The Kier molecular flexibility index (Phi) is 6.42. The van der Waals surface area contributed by atoms with Gasteiger partial charge in [0.15, 0.2) is 5.92 Å². The van der Waals surface area contributed by atoms with E-state index in [1.54, 1.807) is 13.0 Å². The zero-order valence-corrected chi connectivity index (χ0v) is 12.3. The Labute approximate surface area is 119 Å². The van der Waals surface area contributed by atoms with E-state index < -0.39 is 17.9 Å². The number of hydrogen-bond donors (Lipinski definition) is 0. The summed E-state index contributed by atoms with van der Waals surface area (Å²) in [5.41, 5.74) is 0. The molecule has 1 aliphatic rings. The van der Waals surface area contributed by atoms with Crippen LogP contribution in [-0.2, 0) is 23.9 Å². The van der Waals surface area contributed by atoms with E-state index in [0.717, 1.165) is 12.8 Å². The molecule has 0 amide bonds. The summed E-state index contributed by atoms with van der Waals surface area (Å²) in [5, 5.41) is 0. The third-order valence-electron chi connectivity index (χ3n) is 3.73. The standard InChI is InChI=1S/C15H22O5/c1-10(13(14(17)19-2)15(18)20-3)6-4-7-11-8-5-9-12(11)16/h4,6,10-11,13H,5,7-9H2,1-3H3/b6-4+. The van der Waals surface area contributed by atoms with Gasteiger partial charge in [0.2, 0.25) is 0 Å². The minimum absolute atomic E-state index is 0.0909. The number of carbonyl (C=O) groups is 3. The van der Waals surface area contributed by atoms with E-state index in [9.17, 15) is 14.4 Å². The Hall–Kier alpha value is -1.65. The lowest BCUT2D eigenvalue weighted by atomic mass is 9.92. The van der Waals surface area contributed by atoms with Gasteiger partial charge in [-0.05, 0) is 25.2 Å². The molecule has 2 unspecified atom stereocenters. The topological polar surface area (TPSA) is 69.7 Å². The van der Waals surface area contributed by atoms with Crippen molar-refractivity contribution in [2.75, 3.05) is 14.2 Å². The second-order valence-corrected chi connectivity index (χ2v) is 5.10. The van der Waals surface area contributed by atoms with Crippen LogP contribution >= 0.6 is 0 Å². The third-order valence-corrected chi connectivity index (χ3v) is 3.73. The van der Waals surface area contributed by atoms with Crippen LogP contribution in [0.15, 0.2) is 12.2 Å². The molecule has 112 valence electrons. The van der Waals surface area contributed by atoms with Crippen molar-refractivity contribution < 1.29 is 23.9 Å². The Balaban J connectivity index is 2.60. The molecule has 5 nitrogen and oxygen atoms in total. The normalized spacial score (nSPS) is 20.4. The molecule has 0 aliphatic heterocycles. The molecule has 1 aliphatic carbocycles. The number of esters is 2. The molecule has 5 heteroatoms. The molecule has 0 aromatic rings. The maximum absolute atomic E-state index is 11.6. The van der Waals surface area contributed by atoms with Crippen LogP contribution in [0.5, 0.6) is 0 Å². The predicted molar refractivity (Wildman–Crippen MR) is 72.8 cm³/mol. The van der Waals surface area contributed by atoms with Gasteiger partial charge in [0.05, 0.1) is 14.2 Å². The maximum Gasteiger partial charge on any atom is 0.320 e. The lowest BCUT2D eigenvalue weighted by Gasteiger charge is -2.16. The Bertz CT molecular complexity index is 383. The molecule has 0 bridgehead atoms. The number of hydrogen-bond acceptors (Lipinski definition) is 5. The van der Waals surface area contributed by atoms with E-state index in [1.165, 1.54) is 14.2 Å². The molecule has 0 heterocycles. The number of rotatable bonds is 6. The molecule has 2 atom stereocenters. The number of ether oxygens (including phenoxy) is 2. The summed E-state index contributed by atoms with van der Waals surface area (Å²) in [7, 11) is 2.48. The summed E-state index contributed by atoms with van der Waals surface area (Å²) in [5.74, 6) is -2.10. The van der Waals surface area contributed by atoms with Gasteiger partial charge in [0.25, 0.3) is 0 Å². The first kappa shape index (κ1) is 16.4. The molecule has 1 fully saturated rings. The maximum atomic E-state index is 11.6. The SMILES string of the molecule is COC(=O)C(C(=O)OC)C(C)/C=C/CC1CCCC1=O. The number of allylic oxidation sites excluding steroid dienone is 2. The predicted octanol–water partition coefficient (Wildman–Crippen LogP) is 1.90. The largest absolute Gasteiger partial charge is 0.468 e. The van der Waals surface area contributed by atoms with Gasteiger partial charge < -0.3 is 9.47 Å². The molecule has 0 spiro atoms. The molecular weight excluding hydrogens is 260 g/mol. The molecule has 0 aromatic carbocycles. The van der Waals surface area contributed by atoms with Crippen molar-refractivity contribution in [3.05, 3.63) is 12.2 Å². The van der Waals surface area contributed by atoms with Crippen LogP contribution in [0.3, 0.4) is 0 Å². The van der Waals surface area contributed by atoms with Crippen molar-refractivity contribution in [3.8, 4) is 0 Å². The van der Waals surface area contributed by atoms with Gasteiger partial charge in [-0.1, -0.05) is 19.1 Å². The van der Waals surface area contributed by atoms with E-state index in [2.05, 4.69) is 9.47 Å². The van der Waals surface area contributed by atoms with Crippen molar-refractivity contribution in [1.29, 1.82) is 0 Å². The molecule has 0 radical (unpaired) electrons. The summed E-state index contributed by atoms with van der Waals surface area (Å²) in [4.78, 5) is 34.7. The smallest absolute Gasteiger partial charge is 0.320 e. The lowest BCUT2D eigenvalue weighted by molar-refractivity contribution is -0.160. The monoisotopic (exact) mass is 282 g/mol. The van der Waals surface area contributed by atoms with Crippen LogP contribution in [0.1, 0.15) is 32.6 Å². The van der Waals surface area contributed by atoms with Gasteiger partial charge in [-0.25, -0.2) is 0 Å². The zero-order chi connectivity index (χ0) is 15.1. The first-order valence-corrected chi connectivity index (χ1v) is 6.86. The Morgan fingerprint density at radius 1 is 1.30 bits per heavy atom. The Morgan fingerprint density at radius 2 is 1.90 bits per heavy atom. The van der Waals surface area contributed by atoms with Gasteiger partial charge in [0.1, 0.15) is 5.78 Å². The highest BCUT2D eigenvalue weighted by atomic mass is 16.5.